The van der Waals surface area contributed by atoms with E-state index < -0.39 is 0 Å². The summed E-state index contributed by atoms with van der Waals surface area (Å²) in [5.74, 6) is 1.50. The Balaban J connectivity index is 2.00. The topological polar surface area (TPSA) is 26.0 Å². The predicted molar refractivity (Wildman–Crippen MR) is 83.2 cm³/mol. The number of hydrogen-bond acceptors (Lipinski definition) is 3. The van der Waals surface area contributed by atoms with Crippen LogP contribution in [0.15, 0.2) is 28.9 Å². The summed E-state index contributed by atoms with van der Waals surface area (Å²) in [6.07, 6.45) is 4.14. The maximum absolute atomic E-state index is 5.60. The fourth-order valence-electron chi connectivity index (χ4n) is 2.09. The smallest absolute Gasteiger partial charge is 0.148 e. The third-order valence-corrected chi connectivity index (χ3v) is 4.33. The van der Waals surface area contributed by atoms with Crippen LogP contribution in [0.3, 0.4) is 0 Å². The van der Waals surface area contributed by atoms with Crippen molar-refractivity contribution in [1.29, 1.82) is 0 Å². The van der Waals surface area contributed by atoms with Crippen LogP contribution in [-0.2, 0) is 0 Å². The summed E-state index contributed by atoms with van der Waals surface area (Å²) in [6, 6.07) is 6.31. The Hall–Kier alpha value is -0.750. The number of hydrogen-bond donors (Lipinski definition) is 0. The average molecular weight is 369 g/mol. The van der Waals surface area contributed by atoms with E-state index in [0.29, 0.717) is 5.92 Å². The van der Waals surface area contributed by atoms with Gasteiger partial charge in [-0.2, -0.15) is 0 Å². The second kappa shape index (κ2) is 4.74. The van der Waals surface area contributed by atoms with Crippen LogP contribution in [0.5, 0.6) is 0 Å². The normalized spacial score (nSPS) is 14.8. The van der Waals surface area contributed by atoms with E-state index in [1.807, 2.05) is 0 Å². The number of nitrogens with zero attached hydrogens (tertiary/aromatic N) is 1. The highest BCUT2D eigenvalue weighted by molar-refractivity contribution is 14.1. The lowest BCUT2D eigenvalue weighted by Gasteiger charge is -2.07. The molecule has 0 saturated heterocycles. The fraction of sp³-hybridized carbons (Fsp3) is 0.286. The highest BCUT2D eigenvalue weighted by Crippen LogP contribution is 2.42. The highest BCUT2D eigenvalue weighted by atomic mass is 127. The van der Waals surface area contributed by atoms with E-state index in [2.05, 4.69) is 52.9 Å². The van der Waals surface area contributed by atoms with Gasteiger partial charge in [-0.05, 0) is 65.6 Å². The molecule has 2 aromatic rings. The third-order valence-electron chi connectivity index (χ3n) is 3.22. The zero-order valence-corrected chi connectivity index (χ0v) is 12.9. The zero-order valence-electron chi connectivity index (χ0n) is 9.94. The van der Waals surface area contributed by atoms with Crippen LogP contribution in [0.2, 0.25) is 0 Å². The molecule has 1 aromatic heterocycles. The minimum absolute atomic E-state index is 0.532. The molecule has 1 aliphatic carbocycles. The van der Waals surface area contributed by atoms with Crippen molar-refractivity contribution in [1.82, 2.24) is 5.16 Å². The number of aryl methyl sites for hydroxylation is 1. The molecule has 0 aliphatic heterocycles. The highest BCUT2D eigenvalue weighted by Gasteiger charge is 2.31. The number of halogens is 1. The largest absolute Gasteiger partial charge is 0.360 e. The van der Waals surface area contributed by atoms with E-state index in [1.165, 1.54) is 22.0 Å². The van der Waals surface area contributed by atoms with Crippen LogP contribution in [0.25, 0.3) is 0 Å². The molecule has 0 spiro atoms. The molecule has 92 valence electrons. The van der Waals surface area contributed by atoms with Crippen molar-refractivity contribution < 1.29 is 4.52 Å². The van der Waals surface area contributed by atoms with E-state index in [4.69, 9.17) is 16.7 Å². The van der Waals surface area contributed by atoms with E-state index in [1.54, 1.807) is 6.20 Å². The van der Waals surface area contributed by atoms with Crippen molar-refractivity contribution in [3.63, 3.8) is 0 Å². The van der Waals surface area contributed by atoms with Gasteiger partial charge in [0.15, 0.2) is 0 Å². The van der Waals surface area contributed by atoms with Gasteiger partial charge >= 0.3 is 0 Å². The lowest BCUT2D eigenvalue weighted by molar-refractivity contribution is 0.384. The van der Waals surface area contributed by atoms with Gasteiger partial charge in [0.25, 0.3) is 0 Å². The molecule has 1 aliphatic rings. The average Bonchev–Trinajstić information content (AvgIpc) is 3.06. The molecule has 0 amide bonds. The summed E-state index contributed by atoms with van der Waals surface area (Å²) in [5.41, 5.74) is 3.31. The second-order valence-corrected chi connectivity index (χ2v) is 6.32. The molecule has 0 bridgehead atoms. The van der Waals surface area contributed by atoms with Gasteiger partial charge in [0.1, 0.15) is 5.76 Å². The maximum Gasteiger partial charge on any atom is 0.148 e. The lowest BCUT2D eigenvalue weighted by Crippen LogP contribution is -2.03. The molecule has 1 fully saturated rings. The van der Waals surface area contributed by atoms with Crippen LogP contribution in [0, 0.1) is 10.5 Å². The monoisotopic (exact) mass is 369 g/mol. The molecule has 0 unspecified atom stereocenters. The summed E-state index contributed by atoms with van der Waals surface area (Å²) < 4.78 is 6.58. The first-order valence-corrected chi connectivity index (χ1v) is 7.41. The van der Waals surface area contributed by atoms with Crippen molar-refractivity contribution in [3.8, 4) is 0 Å². The molecular weight excluding hydrogens is 357 g/mol. The molecule has 1 aromatic carbocycles. The van der Waals surface area contributed by atoms with Crippen molar-refractivity contribution >= 4 is 39.7 Å². The first kappa shape index (κ1) is 12.3. The first-order chi connectivity index (χ1) is 8.66. The van der Waals surface area contributed by atoms with Crippen molar-refractivity contribution in [2.45, 2.75) is 25.7 Å². The number of benzene rings is 1. The predicted octanol–water partition coefficient (Wildman–Crippen LogP) is 4.23. The zero-order chi connectivity index (χ0) is 12.7. The Morgan fingerprint density at radius 1 is 1.39 bits per heavy atom. The molecule has 0 radical (unpaired) electrons. The molecule has 0 atom stereocenters. The van der Waals surface area contributed by atoms with Crippen molar-refractivity contribution in [2.75, 3.05) is 0 Å². The third kappa shape index (κ3) is 2.23. The van der Waals surface area contributed by atoms with Crippen LogP contribution < -0.4 is 0 Å². The van der Waals surface area contributed by atoms with Gasteiger partial charge in [-0.3, -0.25) is 0 Å². The van der Waals surface area contributed by atoms with Gasteiger partial charge in [-0.25, -0.2) is 0 Å². The Bertz CT molecular complexity index is 616. The number of rotatable bonds is 3. The van der Waals surface area contributed by atoms with E-state index >= 15 is 0 Å². The van der Waals surface area contributed by atoms with Crippen molar-refractivity contribution in [2.24, 2.45) is 0 Å². The number of aromatic nitrogens is 1. The maximum atomic E-state index is 5.60. The summed E-state index contributed by atoms with van der Waals surface area (Å²) in [6.45, 7) is 2.09. The Morgan fingerprint density at radius 2 is 2.17 bits per heavy atom. The number of thiocarbonyl (C=S) groups is 1. The van der Waals surface area contributed by atoms with Crippen LogP contribution in [-0.4, -0.2) is 10.0 Å². The van der Waals surface area contributed by atoms with Crippen LogP contribution in [0.1, 0.15) is 41.2 Å². The van der Waals surface area contributed by atoms with E-state index in [9.17, 15) is 0 Å². The molecule has 1 saturated carbocycles. The lowest BCUT2D eigenvalue weighted by atomic mass is 10.00. The minimum atomic E-state index is 0.532. The first-order valence-electron chi connectivity index (χ1n) is 5.92. The Morgan fingerprint density at radius 3 is 2.83 bits per heavy atom. The fourth-order valence-corrected chi connectivity index (χ4v) is 3.12. The molecule has 1 heterocycles. The van der Waals surface area contributed by atoms with Gasteiger partial charge in [0.2, 0.25) is 0 Å². The summed E-state index contributed by atoms with van der Waals surface area (Å²) in [5, 5.41) is 3.91. The molecule has 2 nitrogen and oxygen atoms in total. The van der Waals surface area contributed by atoms with E-state index in [0.717, 1.165) is 21.8 Å². The summed E-state index contributed by atoms with van der Waals surface area (Å²) >= 11 is 7.92. The van der Waals surface area contributed by atoms with Gasteiger partial charge in [0.05, 0.1) is 16.6 Å². The summed E-state index contributed by atoms with van der Waals surface area (Å²) in [4.78, 5) is 0.854. The standard InChI is InChI=1S/C14H12INOS/c1-8-6-10(15)4-5-11(8)14(18)12-7-16-17-13(12)9-2-3-9/h4-7,9H,2-3H2,1H3. The van der Waals surface area contributed by atoms with Gasteiger partial charge in [-0.1, -0.05) is 23.4 Å². The van der Waals surface area contributed by atoms with Crippen LogP contribution >= 0.6 is 34.8 Å². The van der Waals surface area contributed by atoms with Crippen molar-refractivity contribution in [3.05, 3.63) is 50.4 Å². The second-order valence-electron chi connectivity index (χ2n) is 4.67. The van der Waals surface area contributed by atoms with E-state index in [-0.39, 0.29) is 0 Å². The minimum Gasteiger partial charge on any atom is -0.360 e. The Kier molecular flexibility index (Phi) is 3.23. The molecule has 3 rings (SSSR count). The quantitative estimate of drug-likeness (QED) is 0.460. The van der Waals surface area contributed by atoms with Crippen LogP contribution in [0.4, 0.5) is 0 Å². The van der Waals surface area contributed by atoms with Gasteiger partial charge in [0, 0.05) is 9.49 Å². The van der Waals surface area contributed by atoms with Gasteiger partial charge < -0.3 is 4.52 Å². The van der Waals surface area contributed by atoms with Gasteiger partial charge in [-0.15, -0.1) is 0 Å². The molecular formula is C14H12INOS. The SMILES string of the molecule is Cc1cc(I)ccc1C(=S)c1cnoc1C1CC1. The molecule has 4 heteroatoms. The molecule has 18 heavy (non-hydrogen) atoms. The molecule has 0 N–H and O–H groups in total. The summed E-state index contributed by atoms with van der Waals surface area (Å²) in [7, 11) is 0. The Labute approximate surface area is 125 Å².